The van der Waals surface area contributed by atoms with Crippen LogP contribution >= 0.6 is 12.4 Å². The van der Waals surface area contributed by atoms with Gasteiger partial charge in [-0.25, -0.2) is 13.4 Å². The minimum Gasteiger partial charge on any atom is -0.339 e. The van der Waals surface area contributed by atoms with Crippen LogP contribution in [0.15, 0.2) is 17.6 Å². The second-order valence-corrected chi connectivity index (χ2v) is 7.48. The lowest BCUT2D eigenvalue weighted by molar-refractivity contribution is 0.155. The standard InChI is InChI=1S/C11H20N4O2S.ClH/c1-11(2)7-15(5-4-9(11)12)18(16,17)10-6-14(3)8-13-10;/h6,8-9H,4-5,7,12H2,1-3H3;1H. The van der Waals surface area contributed by atoms with E-state index in [0.717, 1.165) is 0 Å². The molecule has 1 aliphatic rings. The fourth-order valence-electron chi connectivity index (χ4n) is 2.18. The molecule has 1 aromatic rings. The van der Waals surface area contributed by atoms with Crippen molar-refractivity contribution in [2.75, 3.05) is 13.1 Å². The minimum absolute atomic E-state index is 0. The van der Waals surface area contributed by atoms with Gasteiger partial charge >= 0.3 is 0 Å². The highest BCUT2D eigenvalue weighted by Gasteiger charge is 2.39. The molecular formula is C11H21ClN4O2S. The summed E-state index contributed by atoms with van der Waals surface area (Å²) >= 11 is 0. The van der Waals surface area contributed by atoms with Crippen LogP contribution in [0.3, 0.4) is 0 Å². The maximum Gasteiger partial charge on any atom is 0.262 e. The van der Waals surface area contributed by atoms with Crippen molar-refractivity contribution in [2.24, 2.45) is 18.2 Å². The van der Waals surface area contributed by atoms with Crippen molar-refractivity contribution in [3.8, 4) is 0 Å². The third-order valence-electron chi connectivity index (χ3n) is 3.56. The van der Waals surface area contributed by atoms with Gasteiger partial charge < -0.3 is 10.3 Å². The number of nitrogens with zero attached hydrogens (tertiary/aromatic N) is 3. The van der Waals surface area contributed by atoms with Gasteiger partial charge in [0.15, 0.2) is 5.03 Å². The van der Waals surface area contributed by atoms with Crippen LogP contribution in [0, 0.1) is 5.41 Å². The summed E-state index contributed by atoms with van der Waals surface area (Å²) in [5, 5.41) is 0.108. The van der Waals surface area contributed by atoms with Gasteiger partial charge in [-0.1, -0.05) is 13.8 Å². The lowest BCUT2D eigenvalue weighted by Gasteiger charge is -2.41. The first-order valence-electron chi connectivity index (χ1n) is 5.97. The Balaban J connectivity index is 0.00000180. The van der Waals surface area contributed by atoms with E-state index < -0.39 is 10.0 Å². The van der Waals surface area contributed by atoms with Crippen LogP contribution in [-0.4, -0.2) is 41.4 Å². The molecule has 2 heterocycles. The highest BCUT2D eigenvalue weighted by molar-refractivity contribution is 7.89. The number of nitrogens with two attached hydrogens (primary N) is 1. The van der Waals surface area contributed by atoms with Crippen LogP contribution in [0.2, 0.25) is 0 Å². The first kappa shape index (κ1) is 16.4. The van der Waals surface area contributed by atoms with Crippen molar-refractivity contribution < 1.29 is 8.42 Å². The lowest BCUT2D eigenvalue weighted by atomic mass is 9.81. The second-order valence-electron chi connectivity index (χ2n) is 5.60. The number of imidazole rings is 1. The predicted octanol–water partition coefficient (Wildman–Crippen LogP) is 0.590. The molecule has 6 nitrogen and oxygen atoms in total. The van der Waals surface area contributed by atoms with Crippen molar-refractivity contribution in [3.63, 3.8) is 0 Å². The fraction of sp³-hybridized carbons (Fsp3) is 0.727. The minimum atomic E-state index is -3.49. The van der Waals surface area contributed by atoms with Crippen molar-refractivity contribution >= 4 is 22.4 Å². The second kappa shape index (κ2) is 5.40. The van der Waals surface area contributed by atoms with E-state index in [0.29, 0.717) is 19.5 Å². The van der Waals surface area contributed by atoms with Crippen LogP contribution in [0.5, 0.6) is 0 Å². The Morgan fingerprint density at radius 1 is 1.47 bits per heavy atom. The SMILES string of the molecule is Cl.Cn1cnc(S(=O)(=O)N2CCC(N)C(C)(C)C2)c1. The average Bonchev–Trinajstić information content (AvgIpc) is 2.69. The number of piperidine rings is 1. The maximum absolute atomic E-state index is 12.4. The number of aromatic nitrogens is 2. The Morgan fingerprint density at radius 3 is 2.58 bits per heavy atom. The molecule has 1 atom stereocenters. The van der Waals surface area contributed by atoms with E-state index in [1.807, 2.05) is 13.8 Å². The first-order chi connectivity index (χ1) is 8.23. The van der Waals surface area contributed by atoms with Gasteiger partial charge in [-0.05, 0) is 11.8 Å². The number of hydrogen-bond acceptors (Lipinski definition) is 4. The van der Waals surface area contributed by atoms with Crippen LogP contribution in [0.1, 0.15) is 20.3 Å². The maximum atomic E-state index is 12.4. The average molecular weight is 309 g/mol. The van der Waals surface area contributed by atoms with Gasteiger partial charge in [0, 0.05) is 32.4 Å². The number of halogens is 1. The van der Waals surface area contributed by atoms with Crippen molar-refractivity contribution in [2.45, 2.75) is 31.3 Å². The van der Waals surface area contributed by atoms with Crippen molar-refractivity contribution in [1.29, 1.82) is 0 Å². The third kappa shape index (κ3) is 3.10. The monoisotopic (exact) mass is 308 g/mol. The molecule has 0 saturated carbocycles. The molecule has 1 aromatic heterocycles. The summed E-state index contributed by atoms with van der Waals surface area (Å²) < 4.78 is 27.9. The van der Waals surface area contributed by atoms with Crippen LogP contribution < -0.4 is 5.73 Å². The molecule has 1 aliphatic heterocycles. The Morgan fingerprint density at radius 2 is 2.11 bits per heavy atom. The predicted molar refractivity (Wildman–Crippen MR) is 75.6 cm³/mol. The summed E-state index contributed by atoms with van der Waals surface area (Å²) in [6.07, 6.45) is 3.70. The van der Waals surface area contributed by atoms with Crippen LogP contribution in [0.4, 0.5) is 0 Å². The lowest BCUT2D eigenvalue weighted by Crippen LogP contribution is -2.53. The van der Waals surface area contributed by atoms with Gasteiger partial charge in [0.1, 0.15) is 0 Å². The zero-order valence-electron chi connectivity index (χ0n) is 11.4. The molecule has 110 valence electrons. The van der Waals surface area contributed by atoms with E-state index in [1.54, 1.807) is 11.6 Å². The van der Waals surface area contributed by atoms with E-state index in [9.17, 15) is 8.42 Å². The normalized spacial score (nSPS) is 23.9. The Hall–Kier alpha value is -0.630. The topological polar surface area (TPSA) is 81.2 Å². The zero-order valence-corrected chi connectivity index (χ0v) is 13.0. The largest absolute Gasteiger partial charge is 0.339 e. The summed E-state index contributed by atoms with van der Waals surface area (Å²) in [7, 11) is -1.74. The summed E-state index contributed by atoms with van der Waals surface area (Å²) in [4.78, 5) is 3.93. The molecule has 0 aliphatic carbocycles. The van der Waals surface area contributed by atoms with Gasteiger partial charge in [-0.15, -0.1) is 12.4 Å². The molecule has 0 spiro atoms. The van der Waals surface area contributed by atoms with Gasteiger partial charge in [0.05, 0.1) is 6.33 Å². The molecule has 19 heavy (non-hydrogen) atoms. The smallest absolute Gasteiger partial charge is 0.262 e. The molecule has 1 saturated heterocycles. The summed E-state index contributed by atoms with van der Waals surface area (Å²) in [5.74, 6) is 0. The van der Waals surface area contributed by atoms with E-state index in [1.165, 1.54) is 16.8 Å². The molecule has 8 heteroatoms. The van der Waals surface area contributed by atoms with Crippen molar-refractivity contribution in [3.05, 3.63) is 12.5 Å². The van der Waals surface area contributed by atoms with Gasteiger partial charge in [0.2, 0.25) is 0 Å². The first-order valence-corrected chi connectivity index (χ1v) is 7.41. The summed E-state index contributed by atoms with van der Waals surface area (Å²) in [6, 6.07) is 0.0349. The number of sulfonamides is 1. The Labute approximate surface area is 120 Å². The summed E-state index contributed by atoms with van der Waals surface area (Å²) in [5.41, 5.74) is 5.81. The molecule has 1 unspecified atom stereocenters. The molecule has 2 rings (SSSR count). The Bertz CT molecular complexity index is 541. The molecule has 1 fully saturated rings. The van der Waals surface area contributed by atoms with E-state index in [4.69, 9.17) is 5.73 Å². The molecule has 0 radical (unpaired) electrons. The molecular weight excluding hydrogens is 288 g/mol. The molecule has 2 N–H and O–H groups in total. The number of aryl methyl sites for hydroxylation is 1. The molecule has 0 bridgehead atoms. The fourth-order valence-corrected chi connectivity index (χ4v) is 3.78. The van der Waals surface area contributed by atoms with Crippen LogP contribution in [-0.2, 0) is 17.1 Å². The van der Waals surface area contributed by atoms with Gasteiger partial charge in [-0.2, -0.15) is 4.31 Å². The number of hydrogen-bond donors (Lipinski definition) is 1. The highest BCUT2D eigenvalue weighted by Crippen LogP contribution is 2.30. The van der Waals surface area contributed by atoms with E-state index >= 15 is 0 Å². The summed E-state index contributed by atoms with van der Waals surface area (Å²) in [6.45, 7) is 4.89. The van der Waals surface area contributed by atoms with E-state index in [-0.39, 0.29) is 28.9 Å². The van der Waals surface area contributed by atoms with Gasteiger partial charge in [-0.3, -0.25) is 0 Å². The molecule has 0 aromatic carbocycles. The zero-order chi connectivity index (χ0) is 13.6. The van der Waals surface area contributed by atoms with Crippen molar-refractivity contribution in [1.82, 2.24) is 13.9 Å². The van der Waals surface area contributed by atoms with E-state index in [2.05, 4.69) is 4.98 Å². The van der Waals surface area contributed by atoms with Gasteiger partial charge in [0.25, 0.3) is 10.0 Å². The Kier molecular flexibility index (Phi) is 4.66. The highest BCUT2D eigenvalue weighted by atomic mass is 35.5. The number of rotatable bonds is 2. The quantitative estimate of drug-likeness (QED) is 0.867. The molecule has 0 amide bonds. The third-order valence-corrected chi connectivity index (χ3v) is 5.29. The van der Waals surface area contributed by atoms with Crippen LogP contribution in [0.25, 0.3) is 0 Å².